The van der Waals surface area contributed by atoms with Gasteiger partial charge in [-0.05, 0) is 49.4 Å². The number of anilines is 1. The first kappa shape index (κ1) is 16.8. The van der Waals surface area contributed by atoms with Crippen LogP contribution in [-0.2, 0) is 6.54 Å². The lowest BCUT2D eigenvalue weighted by Gasteiger charge is -2.30. The molecule has 3 nitrogen and oxygen atoms in total. The lowest BCUT2D eigenvalue weighted by Crippen LogP contribution is -2.42. The van der Waals surface area contributed by atoms with Crippen molar-refractivity contribution in [3.63, 3.8) is 0 Å². The summed E-state index contributed by atoms with van der Waals surface area (Å²) in [6.45, 7) is 2.55. The Labute approximate surface area is 146 Å². The van der Waals surface area contributed by atoms with Gasteiger partial charge in [0.05, 0.1) is 5.69 Å². The highest BCUT2D eigenvalue weighted by atomic mass is 35.5. The maximum Gasteiger partial charge on any atom is 0.322 e. The molecule has 0 aliphatic heterocycles. The standard InChI is InChI=1S/C19H20ClFN2O/c1-13(15-7-8-15)23(12-14-5-3-2-4-6-14)19(24)22-18-10-9-16(20)11-17(18)21/h2-6,9-11,13,15H,7-8,12H2,1H3,(H,22,24). The number of benzene rings is 2. The molecule has 1 aliphatic rings. The van der Waals surface area contributed by atoms with E-state index in [2.05, 4.69) is 12.2 Å². The Morgan fingerprint density at radius 3 is 2.62 bits per heavy atom. The minimum atomic E-state index is -0.533. The molecule has 1 atom stereocenters. The smallest absolute Gasteiger partial charge is 0.317 e. The lowest BCUT2D eigenvalue weighted by atomic mass is 10.1. The second-order valence-electron chi connectivity index (χ2n) is 6.25. The van der Waals surface area contributed by atoms with Crippen LogP contribution in [-0.4, -0.2) is 17.0 Å². The molecule has 126 valence electrons. The van der Waals surface area contributed by atoms with Gasteiger partial charge < -0.3 is 10.2 Å². The van der Waals surface area contributed by atoms with E-state index in [-0.39, 0.29) is 17.8 Å². The van der Waals surface area contributed by atoms with Crippen molar-refractivity contribution in [3.05, 3.63) is 64.9 Å². The fourth-order valence-electron chi connectivity index (χ4n) is 2.79. The molecule has 2 amide bonds. The summed E-state index contributed by atoms with van der Waals surface area (Å²) in [4.78, 5) is 14.5. The highest BCUT2D eigenvalue weighted by molar-refractivity contribution is 6.30. The molecule has 2 aromatic carbocycles. The predicted molar refractivity (Wildman–Crippen MR) is 94.6 cm³/mol. The Morgan fingerprint density at radius 1 is 1.29 bits per heavy atom. The van der Waals surface area contributed by atoms with E-state index in [0.29, 0.717) is 17.5 Å². The van der Waals surface area contributed by atoms with Crippen LogP contribution in [0, 0.1) is 11.7 Å². The van der Waals surface area contributed by atoms with Crippen LogP contribution in [0.15, 0.2) is 48.5 Å². The van der Waals surface area contributed by atoms with Crippen molar-refractivity contribution in [2.24, 2.45) is 5.92 Å². The number of rotatable bonds is 5. The molecule has 1 unspecified atom stereocenters. The van der Waals surface area contributed by atoms with Crippen LogP contribution < -0.4 is 5.32 Å². The van der Waals surface area contributed by atoms with Crippen molar-refractivity contribution in [3.8, 4) is 0 Å². The third-order valence-corrected chi connectivity index (χ3v) is 4.66. The SMILES string of the molecule is CC(C1CC1)N(Cc1ccccc1)C(=O)Nc1ccc(Cl)cc1F. The minimum absolute atomic E-state index is 0.112. The van der Waals surface area contributed by atoms with Crippen molar-refractivity contribution >= 4 is 23.3 Å². The molecule has 5 heteroatoms. The molecule has 0 heterocycles. The van der Waals surface area contributed by atoms with Gasteiger partial charge in [0.15, 0.2) is 0 Å². The fourth-order valence-corrected chi connectivity index (χ4v) is 2.95. The number of urea groups is 1. The summed E-state index contributed by atoms with van der Waals surface area (Å²) in [5, 5.41) is 2.98. The molecular weight excluding hydrogens is 327 g/mol. The largest absolute Gasteiger partial charge is 0.322 e. The zero-order valence-electron chi connectivity index (χ0n) is 13.5. The molecule has 0 bridgehead atoms. The summed E-state index contributed by atoms with van der Waals surface area (Å²) in [5.41, 5.74) is 1.20. The second-order valence-corrected chi connectivity index (χ2v) is 6.68. The van der Waals surface area contributed by atoms with Crippen LogP contribution in [0.2, 0.25) is 5.02 Å². The average molecular weight is 347 g/mol. The first-order valence-corrected chi connectivity index (χ1v) is 8.49. The Balaban J connectivity index is 1.77. The van der Waals surface area contributed by atoms with Crippen LogP contribution in [0.5, 0.6) is 0 Å². The van der Waals surface area contributed by atoms with Gasteiger partial charge in [0.25, 0.3) is 0 Å². The van der Waals surface area contributed by atoms with E-state index in [1.54, 1.807) is 11.0 Å². The molecule has 0 spiro atoms. The number of carbonyl (C=O) groups excluding carboxylic acids is 1. The number of hydrogen-bond acceptors (Lipinski definition) is 1. The van der Waals surface area contributed by atoms with E-state index in [0.717, 1.165) is 18.4 Å². The van der Waals surface area contributed by atoms with Crippen LogP contribution in [0.3, 0.4) is 0 Å². The molecule has 0 radical (unpaired) electrons. The van der Waals surface area contributed by atoms with E-state index in [1.807, 2.05) is 30.3 Å². The first-order valence-electron chi connectivity index (χ1n) is 8.11. The molecule has 0 saturated heterocycles. The highest BCUT2D eigenvalue weighted by Gasteiger charge is 2.34. The van der Waals surface area contributed by atoms with E-state index < -0.39 is 5.82 Å². The van der Waals surface area contributed by atoms with Crippen LogP contribution in [0.1, 0.15) is 25.3 Å². The molecule has 1 aliphatic carbocycles. The van der Waals surface area contributed by atoms with Gasteiger partial charge in [-0.2, -0.15) is 0 Å². The third-order valence-electron chi connectivity index (χ3n) is 4.43. The topological polar surface area (TPSA) is 32.3 Å². The Hall–Kier alpha value is -2.07. The molecular formula is C19H20ClFN2O. The predicted octanol–water partition coefficient (Wildman–Crippen LogP) is 5.31. The van der Waals surface area contributed by atoms with Gasteiger partial charge in [0.2, 0.25) is 0 Å². The summed E-state index contributed by atoms with van der Waals surface area (Å²) < 4.78 is 14.0. The van der Waals surface area contributed by atoms with Crippen molar-refractivity contribution in [1.82, 2.24) is 4.90 Å². The molecule has 1 N–H and O–H groups in total. The van der Waals surface area contributed by atoms with Gasteiger partial charge in [-0.15, -0.1) is 0 Å². The Bertz CT molecular complexity index is 719. The maximum absolute atomic E-state index is 14.0. The van der Waals surface area contributed by atoms with E-state index in [9.17, 15) is 9.18 Å². The van der Waals surface area contributed by atoms with E-state index >= 15 is 0 Å². The number of hydrogen-bond donors (Lipinski definition) is 1. The molecule has 0 aromatic heterocycles. The summed E-state index contributed by atoms with van der Waals surface area (Å²) in [6.07, 6.45) is 2.27. The summed E-state index contributed by atoms with van der Waals surface area (Å²) >= 11 is 5.76. The Morgan fingerprint density at radius 2 is 2.00 bits per heavy atom. The Kier molecular flexibility index (Phi) is 5.05. The normalized spacial score (nSPS) is 15.0. The van der Waals surface area contributed by atoms with Crippen molar-refractivity contribution in [2.75, 3.05) is 5.32 Å². The van der Waals surface area contributed by atoms with Crippen molar-refractivity contribution < 1.29 is 9.18 Å². The molecule has 1 saturated carbocycles. The van der Waals surface area contributed by atoms with Gasteiger partial charge in [-0.1, -0.05) is 41.9 Å². The van der Waals surface area contributed by atoms with Gasteiger partial charge in [0.1, 0.15) is 5.82 Å². The van der Waals surface area contributed by atoms with Crippen molar-refractivity contribution in [1.29, 1.82) is 0 Å². The second kappa shape index (κ2) is 7.22. The van der Waals surface area contributed by atoms with Crippen LogP contribution in [0.4, 0.5) is 14.9 Å². The molecule has 3 rings (SSSR count). The zero-order chi connectivity index (χ0) is 17.1. The summed E-state index contributed by atoms with van der Waals surface area (Å²) in [6, 6.07) is 13.9. The number of nitrogens with one attached hydrogen (secondary N) is 1. The van der Waals surface area contributed by atoms with Gasteiger partial charge in [0, 0.05) is 17.6 Å². The summed E-state index contributed by atoms with van der Waals surface area (Å²) in [5.74, 6) is -0.0101. The zero-order valence-corrected chi connectivity index (χ0v) is 14.3. The average Bonchev–Trinajstić information content (AvgIpc) is 3.40. The number of halogens is 2. The maximum atomic E-state index is 14.0. The number of carbonyl (C=O) groups is 1. The minimum Gasteiger partial charge on any atom is -0.317 e. The molecule has 1 fully saturated rings. The first-order chi connectivity index (χ1) is 11.5. The van der Waals surface area contributed by atoms with Crippen molar-refractivity contribution in [2.45, 2.75) is 32.4 Å². The van der Waals surface area contributed by atoms with Crippen LogP contribution >= 0.6 is 11.6 Å². The third kappa shape index (κ3) is 4.06. The lowest BCUT2D eigenvalue weighted by molar-refractivity contribution is 0.180. The van der Waals surface area contributed by atoms with Crippen LogP contribution in [0.25, 0.3) is 0 Å². The van der Waals surface area contributed by atoms with Gasteiger partial charge in [-0.3, -0.25) is 0 Å². The molecule has 2 aromatic rings. The monoisotopic (exact) mass is 346 g/mol. The highest BCUT2D eigenvalue weighted by Crippen LogP contribution is 2.36. The van der Waals surface area contributed by atoms with E-state index in [1.165, 1.54) is 12.1 Å². The number of amides is 2. The number of nitrogens with zero attached hydrogens (tertiary/aromatic N) is 1. The molecule has 24 heavy (non-hydrogen) atoms. The van der Waals surface area contributed by atoms with Gasteiger partial charge in [-0.25, -0.2) is 9.18 Å². The summed E-state index contributed by atoms with van der Waals surface area (Å²) in [7, 11) is 0. The quantitative estimate of drug-likeness (QED) is 0.781. The van der Waals surface area contributed by atoms with E-state index in [4.69, 9.17) is 11.6 Å². The van der Waals surface area contributed by atoms with Gasteiger partial charge >= 0.3 is 6.03 Å². The fraction of sp³-hybridized carbons (Fsp3) is 0.316.